The lowest BCUT2D eigenvalue weighted by Crippen LogP contribution is -2.23. The quantitative estimate of drug-likeness (QED) is 0.604. The van der Waals surface area contributed by atoms with E-state index in [4.69, 9.17) is 9.47 Å². The van der Waals surface area contributed by atoms with Gasteiger partial charge < -0.3 is 14.8 Å². The monoisotopic (exact) mass is 428 g/mol. The van der Waals surface area contributed by atoms with Crippen LogP contribution in [-0.2, 0) is 6.54 Å². The summed E-state index contributed by atoms with van der Waals surface area (Å²) in [6, 6.07) is 12.8. The molecule has 0 saturated heterocycles. The van der Waals surface area contributed by atoms with Crippen LogP contribution >= 0.6 is 0 Å². The number of amides is 1. The highest BCUT2D eigenvalue weighted by Gasteiger charge is 2.16. The fraction of sp³-hybridized carbons (Fsp3) is 0.200. The molecule has 1 atom stereocenters. The molecule has 7 nitrogen and oxygen atoms in total. The lowest BCUT2D eigenvalue weighted by Gasteiger charge is -2.14. The molecule has 1 amide bonds. The van der Waals surface area contributed by atoms with E-state index in [1.54, 1.807) is 43.9 Å². The van der Waals surface area contributed by atoms with Gasteiger partial charge in [0, 0.05) is 54.0 Å². The van der Waals surface area contributed by atoms with E-state index in [9.17, 15) is 4.79 Å². The second kappa shape index (κ2) is 9.43. The maximum atomic E-state index is 12.8. The molecule has 1 aliphatic heterocycles. The minimum atomic E-state index is -0.179. The number of benzene rings is 1. The third-order valence-electron chi connectivity index (χ3n) is 5.26. The molecule has 7 heteroatoms. The lowest BCUT2D eigenvalue weighted by molar-refractivity contribution is 0.0950. The molecule has 3 heterocycles. The van der Waals surface area contributed by atoms with E-state index in [0.29, 0.717) is 29.5 Å². The van der Waals surface area contributed by atoms with Crippen molar-refractivity contribution in [1.82, 2.24) is 15.3 Å². The molecule has 0 radical (unpaired) electrons. The Hall–Kier alpha value is -4.00. The number of rotatable bonds is 7. The first-order valence-electron chi connectivity index (χ1n) is 10.3. The molecule has 32 heavy (non-hydrogen) atoms. The van der Waals surface area contributed by atoms with E-state index in [2.05, 4.69) is 20.3 Å². The normalized spacial score (nSPS) is 14.7. The number of methoxy groups -OCH3 is 1. The number of ether oxygens (including phenoxy) is 2. The lowest BCUT2D eigenvalue weighted by atomic mass is 10.1. The average Bonchev–Trinajstić information content (AvgIpc) is 3.25. The van der Waals surface area contributed by atoms with Gasteiger partial charge in [-0.05, 0) is 43.7 Å². The Labute approximate surface area is 186 Å². The molecule has 1 N–H and O–H groups in total. The van der Waals surface area contributed by atoms with Crippen molar-refractivity contribution in [2.75, 3.05) is 7.11 Å². The molecule has 2 aromatic heterocycles. The number of hydrogen-bond acceptors (Lipinski definition) is 6. The Morgan fingerprint density at radius 3 is 2.75 bits per heavy atom. The van der Waals surface area contributed by atoms with Crippen LogP contribution in [0.15, 0.2) is 65.9 Å². The Morgan fingerprint density at radius 1 is 1.16 bits per heavy atom. The predicted molar refractivity (Wildman–Crippen MR) is 123 cm³/mol. The van der Waals surface area contributed by atoms with Crippen LogP contribution in [0.25, 0.3) is 5.57 Å². The number of nitrogens with one attached hydrogen (secondary N) is 1. The van der Waals surface area contributed by atoms with Crippen LogP contribution in [0.2, 0.25) is 0 Å². The minimum absolute atomic E-state index is 0.0763. The van der Waals surface area contributed by atoms with E-state index in [1.165, 1.54) is 0 Å². The highest BCUT2D eigenvalue weighted by molar-refractivity contribution is 5.96. The largest absolute Gasteiger partial charge is 0.481 e. The van der Waals surface area contributed by atoms with Gasteiger partial charge in [0.25, 0.3) is 5.91 Å². The van der Waals surface area contributed by atoms with Crippen LogP contribution in [0.1, 0.15) is 34.1 Å². The highest BCUT2D eigenvalue weighted by atomic mass is 16.5. The maximum absolute atomic E-state index is 12.8. The molecule has 1 aliphatic rings. The summed E-state index contributed by atoms with van der Waals surface area (Å²) in [5.41, 5.74) is 4.07. The maximum Gasteiger partial charge on any atom is 0.251 e. The Balaban J connectivity index is 1.47. The fourth-order valence-electron chi connectivity index (χ4n) is 3.42. The summed E-state index contributed by atoms with van der Waals surface area (Å²) in [6.45, 7) is 4.26. The second-order valence-corrected chi connectivity index (χ2v) is 7.40. The summed E-state index contributed by atoms with van der Waals surface area (Å²) in [6.07, 6.45) is 7.15. The Bertz CT molecular complexity index is 1190. The van der Waals surface area contributed by atoms with Crippen LogP contribution in [0.4, 0.5) is 0 Å². The van der Waals surface area contributed by atoms with Gasteiger partial charge >= 0.3 is 0 Å². The second-order valence-electron chi connectivity index (χ2n) is 7.40. The van der Waals surface area contributed by atoms with Gasteiger partial charge in [0.1, 0.15) is 11.5 Å². The van der Waals surface area contributed by atoms with Gasteiger partial charge in [0.2, 0.25) is 5.88 Å². The van der Waals surface area contributed by atoms with Crippen molar-refractivity contribution in [3.8, 4) is 17.4 Å². The molecule has 0 aliphatic carbocycles. The average molecular weight is 428 g/mol. The van der Waals surface area contributed by atoms with Crippen molar-refractivity contribution in [2.45, 2.75) is 26.4 Å². The molecule has 0 spiro atoms. The summed E-state index contributed by atoms with van der Waals surface area (Å²) in [5.74, 6) is 1.62. The predicted octanol–water partition coefficient (Wildman–Crippen LogP) is 4.37. The van der Waals surface area contributed by atoms with Gasteiger partial charge in [-0.25, -0.2) is 4.98 Å². The molecular weight excluding hydrogens is 404 g/mol. The van der Waals surface area contributed by atoms with Crippen molar-refractivity contribution in [3.63, 3.8) is 0 Å². The topological polar surface area (TPSA) is 85.7 Å². The zero-order valence-corrected chi connectivity index (χ0v) is 18.2. The van der Waals surface area contributed by atoms with Crippen molar-refractivity contribution < 1.29 is 14.3 Å². The third kappa shape index (κ3) is 4.67. The number of carbonyl (C=O) groups is 1. The molecule has 1 aromatic carbocycles. The summed E-state index contributed by atoms with van der Waals surface area (Å²) in [7, 11) is 1.56. The SMILES string of the molecule is COc1ccc(CNC(=O)c2cccc(Oc3ccnc(C4=CC=NC4C)c3)c2C)cn1. The summed E-state index contributed by atoms with van der Waals surface area (Å²) < 4.78 is 11.2. The summed E-state index contributed by atoms with van der Waals surface area (Å²) in [4.78, 5) is 25.7. The van der Waals surface area contributed by atoms with Crippen molar-refractivity contribution >= 4 is 17.7 Å². The van der Waals surface area contributed by atoms with Crippen LogP contribution < -0.4 is 14.8 Å². The first kappa shape index (κ1) is 21.2. The van der Waals surface area contributed by atoms with Gasteiger partial charge in [-0.1, -0.05) is 12.1 Å². The first-order chi connectivity index (χ1) is 15.5. The van der Waals surface area contributed by atoms with Crippen LogP contribution in [0.5, 0.6) is 17.4 Å². The highest BCUT2D eigenvalue weighted by Crippen LogP contribution is 2.30. The number of aliphatic imine (C=N–C) groups is 1. The molecule has 4 rings (SSSR count). The zero-order chi connectivity index (χ0) is 22.5. The minimum Gasteiger partial charge on any atom is -0.481 e. The van der Waals surface area contributed by atoms with Gasteiger partial charge in [-0.3, -0.25) is 14.8 Å². The third-order valence-corrected chi connectivity index (χ3v) is 5.26. The number of nitrogens with zero attached hydrogens (tertiary/aromatic N) is 3. The van der Waals surface area contributed by atoms with Crippen molar-refractivity contribution in [2.24, 2.45) is 4.99 Å². The van der Waals surface area contributed by atoms with E-state index >= 15 is 0 Å². The first-order valence-corrected chi connectivity index (χ1v) is 10.3. The molecule has 162 valence electrons. The van der Waals surface area contributed by atoms with Crippen molar-refractivity contribution in [3.05, 3.63) is 83.3 Å². The molecule has 0 saturated carbocycles. The number of pyridine rings is 2. The Morgan fingerprint density at radius 2 is 2.03 bits per heavy atom. The van der Waals surface area contributed by atoms with E-state index < -0.39 is 0 Å². The number of carbonyl (C=O) groups excluding carboxylic acids is 1. The van der Waals surface area contributed by atoms with Crippen LogP contribution in [0, 0.1) is 6.92 Å². The van der Waals surface area contributed by atoms with E-state index in [1.807, 2.05) is 44.2 Å². The molecule has 0 fully saturated rings. The van der Waals surface area contributed by atoms with Gasteiger partial charge in [0.05, 0.1) is 18.8 Å². The summed E-state index contributed by atoms with van der Waals surface area (Å²) >= 11 is 0. The number of allylic oxidation sites excluding steroid dienone is 1. The number of aromatic nitrogens is 2. The van der Waals surface area contributed by atoms with Crippen molar-refractivity contribution in [1.29, 1.82) is 0 Å². The van der Waals surface area contributed by atoms with Gasteiger partial charge in [-0.2, -0.15) is 0 Å². The van der Waals surface area contributed by atoms with E-state index in [-0.39, 0.29) is 11.9 Å². The fourth-order valence-corrected chi connectivity index (χ4v) is 3.42. The number of hydrogen-bond donors (Lipinski definition) is 1. The molecule has 1 unspecified atom stereocenters. The van der Waals surface area contributed by atoms with Gasteiger partial charge in [-0.15, -0.1) is 0 Å². The Kier molecular flexibility index (Phi) is 6.26. The van der Waals surface area contributed by atoms with Gasteiger partial charge in [0.15, 0.2) is 0 Å². The smallest absolute Gasteiger partial charge is 0.251 e. The standard InChI is InChI=1S/C25H24N4O3/c1-16-20(25(30)29-15-18-7-8-24(31-3)28-14-18)5-4-6-23(16)32-19-9-11-27-22(13-19)21-10-12-26-17(21)2/h4-14,17H,15H2,1-3H3,(H,29,30). The molecule has 0 bridgehead atoms. The summed E-state index contributed by atoms with van der Waals surface area (Å²) in [5, 5.41) is 2.93. The van der Waals surface area contributed by atoms with Crippen LogP contribution in [0.3, 0.4) is 0 Å². The molecular formula is C25H24N4O3. The molecule has 3 aromatic rings. The van der Waals surface area contributed by atoms with E-state index in [0.717, 1.165) is 22.4 Å². The van der Waals surface area contributed by atoms with Crippen LogP contribution in [-0.4, -0.2) is 35.2 Å². The zero-order valence-electron chi connectivity index (χ0n) is 18.2.